The van der Waals surface area contributed by atoms with E-state index < -0.39 is 5.41 Å². The Morgan fingerprint density at radius 1 is 0.333 bits per heavy atom. The number of hydrogen-bond acceptors (Lipinski definition) is 8. The molecule has 0 aromatic carbocycles. The van der Waals surface area contributed by atoms with Gasteiger partial charge in [0.15, 0.2) is 0 Å². The van der Waals surface area contributed by atoms with Crippen LogP contribution in [0.2, 0.25) is 0 Å². The van der Waals surface area contributed by atoms with Crippen molar-refractivity contribution in [3.63, 3.8) is 0 Å². The fourth-order valence-corrected chi connectivity index (χ4v) is 4.96. The van der Waals surface area contributed by atoms with Crippen molar-refractivity contribution in [3.05, 3.63) is 0 Å². The maximum Gasteiger partial charge on any atom is 0.305 e. The summed E-state index contributed by atoms with van der Waals surface area (Å²) in [5, 5.41) is 0. The van der Waals surface area contributed by atoms with Crippen molar-refractivity contribution in [2.45, 2.75) is 182 Å². The number of hydrogen-bond donors (Lipinski definition) is 0. The zero-order chi connectivity index (χ0) is 33.4. The average molecular weight is 641 g/mol. The predicted octanol–water partition coefficient (Wildman–Crippen LogP) is 9.59. The molecule has 0 radical (unpaired) electrons. The molecule has 0 bridgehead atoms. The highest BCUT2D eigenvalue weighted by Gasteiger charge is 2.38. The monoisotopic (exact) mass is 640 g/mol. The summed E-state index contributed by atoms with van der Waals surface area (Å²) < 4.78 is 22.5. The van der Waals surface area contributed by atoms with Gasteiger partial charge in [-0.2, -0.15) is 0 Å². The van der Waals surface area contributed by atoms with Gasteiger partial charge in [0.2, 0.25) is 0 Å². The third kappa shape index (κ3) is 26.8. The van der Waals surface area contributed by atoms with Crippen LogP contribution in [0.15, 0.2) is 0 Å². The van der Waals surface area contributed by atoms with E-state index in [9.17, 15) is 19.2 Å². The van der Waals surface area contributed by atoms with Gasteiger partial charge < -0.3 is 18.9 Å². The highest BCUT2D eigenvalue weighted by atomic mass is 16.6. The van der Waals surface area contributed by atoms with Crippen LogP contribution in [-0.4, -0.2) is 50.3 Å². The van der Waals surface area contributed by atoms with Crippen LogP contribution in [0.25, 0.3) is 0 Å². The number of esters is 4. The lowest BCUT2D eigenvalue weighted by Crippen LogP contribution is -2.44. The molecule has 0 N–H and O–H groups in total. The smallest absolute Gasteiger partial charge is 0.305 e. The SMILES string of the molecule is CCCCCCCCCCCCCC(=O)OCC(COC(=O)CCCCC)(COC(=O)CCCCC)COC(=O)CCCCC. The summed E-state index contributed by atoms with van der Waals surface area (Å²) >= 11 is 0. The maximum absolute atomic E-state index is 12.7. The molecular weight excluding hydrogens is 572 g/mol. The van der Waals surface area contributed by atoms with E-state index in [1.807, 2.05) is 0 Å². The van der Waals surface area contributed by atoms with Crippen LogP contribution in [-0.2, 0) is 38.1 Å². The average Bonchev–Trinajstić information content (AvgIpc) is 3.03. The summed E-state index contributed by atoms with van der Waals surface area (Å²) in [6.45, 7) is 7.73. The predicted molar refractivity (Wildman–Crippen MR) is 180 cm³/mol. The quantitative estimate of drug-likeness (QED) is 0.0407. The molecule has 0 unspecified atom stereocenters. The van der Waals surface area contributed by atoms with Gasteiger partial charge in [-0.1, -0.05) is 130 Å². The Labute approximate surface area is 275 Å². The summed E-state index contributed by atoms with van der Waals surface area (Å²) in [4.78, 5) is 50.3. The first-order valence-electron chi connectivity index (χ1n) is 18.4. The summed E-state index contributed by atoms with van der Waals surface area (Å²) in [5.41, 5.74) is -1.17. The highest BCUT2D eigenvalue weighted by molar-refractivity contribution is 5.71. The minimum Gasteiger partial charge on any atom is -0.465 e. The molecule has 8 heteroatoms. The Morgan fingerprint density at radius 2 is 0.533 bits per heavy atom. The molecule has 0 spiro atoms. The second kappa shape index (κ2) is 30.5. The standard InChI is InChI=1S/C37H68O8/c1-5-9-13-14-15-16-17-18-19-20-24-28-36(41)45-32-37(29-42-33(38)25-21-10-6-2,30-43-34(39)26-22-11-7-3)31-44-35(40)27-23-12-8-4/h5-32H2,1-4H3. The van der Waals surface area contributed by atoms with Crippen LogP contribution in [0.1, 0.15) is 182 Å². The van der Waals surface area contributed by atoms with Crippen molar-refractivity contribution >= 4 is 23.9 Å². The van der Waals surface area contributed by atoms with E-state index in [1.165, 1.54) is 51.4 Å². The molecule has 0 saturated carbocycles. The third-order valence-electron chi connectivity index (χ3n) is 8.10. The minimum absolute atomic E-state index is 0.170. The van der Waals surface area contributed by atoms with Crippen molar-refractivity contribution in [3.8, 4) is 0 Å². The van der Waals surface area contributed by atoms with Crippen LogP contribution in [0, 0.1) is 5.41 Å². The first-order chi connectivity index (χ1) is 21.8. The fraction of sp³-hybridized carbons (Fsp3) is 0.892. The number of ether oxygens (including phenoxy) is 4. The summed E-state index contributed by atoms with van der Waals surface area (Å²) in [6.07, 6.45) is 22.1. The van der Waals surface area contributed by atoms with E-state index in [0.29, 0.717) is 0 Å². The van der Waals surface area contributed by atoms with Gasteiger partial charge in [0.25, 0.3) is 0 Å². The van der Waals surface area contributed by atoms with E-state index in [1.54, 1.807) is 0 Å². The number of carbonyl (C=O) groups excluding carboxylic acids is 4. The molecule has 0 aliphatic heterocycles. The van der Waals surface area contributed by atoms with Crippen molar-refractivity contribution < 1.29 is 38.1 Å². The molecule has 0 aromatic rings. The molecule has 0 saturated heterocycles. The van der Waals surface area contributed by atoms with Gasteiger partial charge in [0, 0.05) is 25.7 Å². The van der Waals surface area contributed by atoms with E-state index in [2.05, 4.69) is 27.7 Å². The normalized spacial score (nSPS) is 11.3. The molecule has 0 rings (SSSR count). The van der Waals surface area contributed by atoms with E-state index in [4.69, 9.17) is 18.9 Å². The molecule has 0 atom stereocenters. The van der Waals surface area contributed by atoms with Crippen LogP contribution < -0.4 is 0 Å². The van der Waals surface area contributed by atoms with Crippen molar-refractivity contribution in [1.29, 1.82) is 0 Å². The van der Waals surface area contributed by atoms with Crippen molar-refractivity contribution in [2.75, 3.05) is 26.4 Å². The molecule has 45 heavy (non-hydrogen) atoms. The lowest BCUT2D eigenvalue weighted by Gasteiger charge is -2.31. The van der Waals surface area contributed by atoms with E-state index >= 15 is 0 Å². The molecular formula is C37H68O8. The van der Waals surface area contributed by atoms with Gasteiger partial charge in [0.05, 0.1) is 0 Å². The first kappa shape index (κ1) is 42.9. The molecule has 0 fully saturated rings. The Morgan fingerprint density at radius 3 is 0.800 bits per heavy atom. The largest absolute Gasteiger partial charge is 0.465 e. The first-order valence-corrected chi connectivity index (χ1v) is 18.4. The second-order valence-corrected chi connectivity index (χ2v) is 12.8. The number of rotatable bonds is 32. The van der Waals surface area contributed by atoms with Gasteiger partial charge in [-0.15, -0.1) is 0 Å². The molecule has 0 aliphatic rings. The lowest BCUT2D eigenvalue weighted by molar-refractivity contribution is -0.170. The Balaban J connectivity index is 5.15. The zero-order valence-corrected chi connectivity index (χ0v) is 29.6. The zero-order valence-electron chi connectivity index (χ0n) is 29.6. The number of unbranched alkanes of at least 4 members (excludes halogenated alkanes) is 16. The fourth-order valence-electron chi connectivity index (χ4n) is 4.96. The minimum atomic E-state index is -1.17. The van der Waals surface area contributed by atoms with Gasteiger partial charge >= 0.3 is 23.9 Å². The Bertz CT molecular complexity index is 686. The van der Waals surface area contributed by atoms with Gasteiger partial charge in [-0.05, 0) is 25.7 Å². The molecule has 8 nitrogen and oxygen atoms in total. The highest BCUT2D eigenvalue weighted by Crippen LogP contribution is 2.23. The molecule has 0 aromatic heterocycles. The second-order valence-electron chi connectivity index (χ2n) is 12.8. The van der Waals surface area contributed by atoms with E-state index in [-0.39, 0.29) is 76.0 Å². The molecule has 0 amide bonds. The third-order valence-corrected chi connectivity index (χ3v) is 8.10. The Hall–Kier alpha value is -2.12. The molecule has 264 valence electrons. The van der Waals surface area contributed by atoms with E-state index in [0.717, 1.165) is 77.0 Å². The molecule has 0 heterocycles. The van der Waals surface area contributed by atoms with Gasteiger partial charge in [-0.3, -0.25) is 19.2 Å². The Kier molecular flexibility index (Phi) is 29.1. The van der Waals surface area contributed by atoms with Crippen molar-refractivity contribution in [1.82, 2.24) is 0 Å². The van der Waals surface area contributed by atoms with Crippen LogP contribution in [0.4, 0.5) is 0 Å². The maximum atomic E-state index is 12.7. The van der Waals surface area contributed by atoms with Crippen molar-refractivity contribution in [2.24, 2.45) is 5.41 Å². The van der Waals surface area contributed by atoms with Gasteiger partial charge in [0.1, 0.15) is 31.8 Å². The summed E-state index contributed by atoms with van der Waals surface area (Å²) in [7, 11) is 0. The molecule has 0 aliphatic carbocycles. The lowest BCUT2D eigenvalue weighted by atomic mass is 9.92. The van der Waals surface area contributed by atoms with Crippen LogP contribution in [0.5, 0.6) is 0 Å². The topological polar surface area (TPSA) is 105 Å². The summed E-state index contributed by atoms with van der Waals surface area (Å²) in [6, 6.07) is 0. The van der Waals surface area contributed by atoms with Crippen LogP contribution in [0.3, 0.4) is 0 Å². The van der Waals surface area contributed by atoms with Crippen LogP contribution >= 0.6 is 0 Å². The van der Waals surface area contributed by atoms with Gasteiger partial charge in [-0.25, -0.2) is 0 Å². The number of carbonyl (C=O) groups is 4. The summed E-state index contributed by atoms with van der Waals surface area (Å²) in [5.74, 6) is -1.47.